The van der Waals surface area contributed by atoms with Crippen LogP contribution in [0.15, 0.2) is 30.3 Å². The fourth-order valence-electron chi connectivity index (χ4n) is 3.13. The van der Waals surface area contributed by atoms with Gasteiger partial charge in [-0.25, -0.2) is 4.79 Å². The number of hydrogen-bond acceptors (Lipinski definition) is 5. The van der Waals surface area contributed by atoms with E-state index in [1.165, 1.54) is 0 Å². The molecule has 1 amide bonds. The maximum absolute atomic E-state index is 12.2. The second-order valence-electron chi connectivity index (χ2n) is 6.59. The van der Waals surface area contributed by atoms with Crippen molar-refractivity contribution in [2.45, 2.75) is 39.3 Å². The predicted octanol–water partition coefficient (Wildman–Crippen LogP) is 2.56. The first-order valence-electron chi connectivity index (χ1n) is 8.89. The fraction of sp³-hybridized carbons (Fsp3) is 0.579. The summed E-state index contributed by atoms with van der Waals surface area (Å²) in [5, 5.41) is 0. The van der Waals surface area contributed by atoms with Crippen LogP contribution in [0.2, 0.25) is 0 Å². The Morgan fingerprint density at radius 1 is 1.28 bits per heavy atom. The van der Waals surface area contributed by atoms with Crippen LogP contribution in [0.3, 0.4) is 0 Å². The van der Waals surface area contributed by atoms with Crippen LogP contribution < -0.4 is 5.73 Å². The molecule has 1 aliphatic heterocycles. The molecule has 0 radical (unpaired) electrons. The predicted molar refractivity (Wildman–Crippen MR) is 94.7 cm³/mol. The molecule has 0 aliphatic carbocycles. The highest BCUT2D eigenvalue weighted by Gasteiger charge is 2.32. The van der Waals surface area contributed by atoms with Crippen LogP contribution in [0.25, 0.3) is 0 Å². The minimum atomic E-state index is -0.337. The van der Waals surface area contributed by atoms with Gasteiger partial charge in [0.2, 0.25) is 0 Å². The largest absolute Gasteiger partial charge is 0.466 e. The van der Waals surface area contributed by atoms with Crippen molar-refractivity contribution in [3.8, 4) is 0 Å². The number of nitrogens with zero attached hydrogens (tertiary/aromatic N) is 1. The lowest BCUT2D eigenvalue weighted by Gasteiger charge is -2.36. The fourth-order valence-corrected chi connectivity index (χ4v) is 3.13. The van der Waals surface area contributed by atoms with E-state index >= 15 is 0 Å². The topological polar surface area (TPSA) is 81.9 Å². The van der Waals surface area contributed by atoms with Crippen LogP contribution in [0.5, 0.6) is 0 Å². The van der Waals surface area contributed by atoms with Crippen LogP contribution in [0, 0.1) is 11.8 Å². The smallest absolute Gasteiger partial charge is 0.410 e. The third kappa shape index (κ3) is 5.74. The third-order valence-electron chi connectivity index (χ3n) is 4.62. The van der Waals surface area contributed by atoms with E-state index in [4.69, 9.17) is 15.2 Å². The van der Waals surface area contributed by atoms with E-state index < -0.39 is 0 Å². The van der Waals surface area contributed by atoms with Gasteiger partial charge in [-0.3, -0.25) is 4.79 Å². The zero-order valence-corrected chi connectivity index (χ0v) is 15.0. The first-order chi connectivity index (χ1) is 12.0. The van der Waals surface area contributed by atoms with Crippen LogP contribution in [-0.4, -0.2) is 42.7 Å². The lowest BCUT2D eigenvalue weighted by molar-refractivity contribution is -0.148. The molecule has 25 heavy (non-hydrogen) atoms. The number of rotatable bonds is 6. The van der Waals surface area contributed by atoms with Crippen molar-refractivity contribution in [3.05, 3.63) is 35.9 Å². The summed E-state index contributed by atoms with van der Waals surface area (Å²) in [6, 6.07) is 9.43. The maximum Gasteiger partial charge on any atom is 0.410 e. The number of nitrogens with two attached hydrogens (primary N) is 1. The molecule has 138 valence electrons. The molecule has 0 bridgehead atoms. The Hall–Kier alpha value is -2.08. The molecule has 6 nitrogen and oxygen atoms in total. The van der Waals surface area contributed by atoms with E-state index in [1.54, 1.807) is 11.8 Å². The van der Waals surface area contributed by atoms with Gasteiger partial charge >= 0.3 is 12.1 Å². The van der Waals surface area contributed by atoms with E-state index in [0.29, 0.717) is 26.1 Å². The highest BCUT2D eigenvalue weighted by Crippen LogP contribution is 2.25. The molecule has 1 heterocycles. The van der Waals surface area contributed by atoms with E-state index in [1.807, 2.05) is 37.3 Å². The van der Waals surface area contributed by atoms with E-state index in [0.717, 1.165) is 12.0 Å². The van der Waals surface area contributed by atoms with Gasteiger partial charge in [0.25, 0.3) is 0 Å². The standard InChI is InChI=1S/C19H28N2O4/c1-3-24-18(22)14(2)11-16-9-10-21(12-17(16)20)19(23)25-13-15-7-5-4-6-8-15/h4-8,14,16-17H,3,9-13,20H2,1-2H3. The third-order valence-corrected chi connectivity index (χ3v) is 4.62. The normalized spacial score (nSPS) is 21.5. The van der Waals surface area contributed by atoms with E-state index in [9.17, 15) is 9.59 Å². The van der Waals surface area contributed by atoms with Crippen LogP contribution in [-0.2, 0) is 20.9 Å². The summed E-state index contributed by atoms with van der Waals surface area (Å²) in [5.41, 5.74) is 7.19. The van der Waals surface area contributed by atoms with Gasteiger partial charge in [0, 0.05) is 19.1 Å². The highest BCUT2D eigenvalue weighted by atomic mass is 16.6. The average molecular weight is 348 g/mol. The van der Waals surface area contributed by atoms with Gasteiger partial charge in [-0.2, -0.15) is 0 Å². The Balaban J connectivity index is 1.78. The summed E-state index contributed by atoms with van der Waals surface area (Å²) in [6.07, 6.45) is 1.12. The van der Waals surface area contributed by atoms with Gasteiger partial charge < -0.3 is 20.1 Å². The Bertz CT molecular complexity index is 564. The average Bonchev–Trinajstić information content (AvgIpc) is 2.62. The number of amides is 1. The summed E-state index contributed by atoms with van der Waals surface area (Å²) in [7, 11) is 0. The van der Waals surface area contributed by atoms with Gasteiger partial charge in [-0.05, 0) is 31.2 Å². The van der Waals surface area contributed by atoms with E-state index in [2.05, 4.69) is 0 Å². The highest BCUT2D eigenvalue weighted by molar-refractivity contribution is 5.72. The number of carbonyl (C=O) groups is 2. The van der Waals surface area contributed by atoms with Gasteiger partial charge in [-0.15, -0.1) is 0 Å². The van der Waals surface area contributed by atoms with Crippen LogP contribution in [0.1, 0.15) is 32.3 Å². The van der Waals surface area contributed by atoms with Gasteiger partial charge in [0.15, 0.2) is 0 Å². The summed E-state index contributed by atoms with van der Waals surface area (Å²) in [6.45, 7) is 5.37. The van der Waals surface area contributed by atoms with Crippen molar-refractivity contribution in [1.82, 2.24) is 4.90 Å². The molecule has 0 spiro atoms. The first-order valence-corrected chi connectivity index (χ1v) is 8.89. The molecule has 1 aromatic rings. The van der Waals surface area contributed by atoms with E-state index in [-0.39, 0.29) is 36.5 Å². The zero-order valence-electron chi connectivity index (χ0n) is 15.0. The molecule has 2 rings (SSSR count). The molecule has 3 unspecified atom stereocenters. The molecule has 1 saturated heterocycles. The Morgan fingerprint density at radius 2 is 2.00 bits per heavy atom. The maximum atomic E-state index is 12.2. The van der Waals surface area contributed by atoms with Gasteiger partial charge in [-0.1, -0.05) is 37.3 Å². The number of carbonyl (C=O) groups excluding carboxylic acids is 2. The second-order valence-corrected chi connectivity index (χ2v) is 6.59. The first kappa shape index (κ1) is 19.2. The van der Waals surface area contributed by atoms with Crippen molar-refractivity contribution in [1.29, 1.82) is 0 Å². The van der Waals surface area contributed by atoms with Crippen molar-refractivity contribution in [2.24, 2.45) is 17.6 Å². The Morgan fingerprint density at radius 3 is 2.64 bits per heavy atom. The lowest BCUT2D eigenvalue weighted by Crippen LogP contribution is -2.51. The summed E-state index contributed by atoms with van der Waals surface area (Å²) >= 11 is 0. The van der Waals surface area contributed by atoms with Crippen molar-refractivity contribution in [3.63, 3.8) is 0 Å². The number of piperidine rings is 1. The lowest BCUT2D eigenvalue weighted by atomic mass is 9.85. The Kier molecular flexibility index (Phi) is 7.25. The van der Waals surface area contributed by atoms with Gasteiger partial charge in [0.1, 0.15) is 6.61 Å². The number of hydrogen-bond donors (Lipinski definition) is 1. The minimum absolute atomic E-state index is 0.157. The molecule has 0 aromatic heterocycles. The second kappa shape index (κ2) is 9.42. The monoisotopic (exact) mass is 348 g/mol. The number of esters is 1. The minimum Gasteiger partial charge on any atom is -0.466 e. The summed E-state index contributed by atoms with van der Waals surface area (Å²) < 4.78 is 10.4. The SMILES string of the molecule is CCOC(=O)C(C)CC1CCN(C(=O)OCc2ccccc2)CC1N. The van der Waals surface area contributed by atoms with Crippen LogP contribution >= 0.6 is 0 Å². The van der Waals surface area contributed by atoms with Crippen molar-refractivity contribution >= 4 is 12.1 Å². The Labute approximate surface area is 149 Å². The number of likely N-dealkylation sites (tertiary alicyclic amines) is 1. The van der Waals surface area contributed by atoms with Crippen molar-refractivity contribution in [2.75, 3.05) is 19.7 Å². The quantitative estimate of drug-likeness (QED) is 0.799. The molecular formula is C19H28N2O4. The van der Waals surface area contributed by atoms with Crippen LogP contribution in [0.4, 0.5) is 4.79 Å². The number of benzene rings is 1. The molecule has 1 aliphatic rings. The summed E-state index contributed by atoms with van der Waals surface area (Å²) in [5.74, 6) is -0.149. The zero-order chi connectivity index (χ0) is 18.2. The molecule has 2 N–H and O–H groups in total. The van der Waals surface area contributed by atoms with Crippen molar-refractivity contribution < 1.29 is 19.1 Å². The summed E-state index contributed by atoms with van der Waals surface area (Å²) in [4.78, 5) is 25.6. The molecule has 3 atom stereocenters. The molecular weight excluding hydrogens is 320 g/mol. The van der Waals surface area contributed by atoms with Gasteiger partial charge in [0.05, 0.1) is 12.5 Å². The molecule has 6 heteroatoms. The number of ether oxygens (including phenoxy) is 2. The molecule has 1 aromatic carbocycles. The molecule has 0 saturated carbocycles. The molecule has 1 fully saturated rings.